The minimum atomic E-state index is 0.471. The molecule has 0 aliphatic carbocycles. The zero-order valence-corrected chi connectivity index (χ0v) is 8.38. The number of nitrogens with zero attached hydrogens (tertiary/aromatic N) is 3. The molecule has 0 amide bonds. The van der Waals surface area contributed by atoms with Gasteiger partial charge in [0.05, 0.1) is 0 Å². The topological polar surface area (TPSA) is 42.7 Å². The molecule has 1 atom stereocenters. The number of halogens is 1. The SMILES string of the molecule is CNCC1CCCn2c(Cl)nnc21. The standard InChI is InChI=1S/C8H13ClN4/c1-10-5-6-3-2-4-13-7(6)11-12-8(13)9/h6,10H,2-5H2,1H3. The first-order valence-electron chi connectivity index (χ1n) is 4.56. The minimum absolute atomic E-state index is 0.471. The fraction of sp³-hybridized carbons (Fsp3) is 0.750. The van der Waals surface area contributed by atoms with E-state index in [1.807, 2.05) is 11.6 Å². The Bertz CT molecular complexity index is 296. The van der Waals surface area contributed by atoms with E-state index >= 15 is 0 Å². The van der Waals surface area contributed by atoms with E-state index in [0.717, 1.165) is 25.3 Å². The van der Waals surface area contributed by atoms with E-state index in [1.54, 1.807) is 0 Å². The molecule has 0 fully saturated rings. The molecule has 1 N–H and O–H groups in total. The summed E-state index contributed by atoms with van der Waals surface area (Å²) in [6.07, 6.45) is 2.34. The summed E-state index contributed by atoms with van der Waals surface area (Å²) < 4.78 is 2.01. The van der Waals surface area contributed by atoms with Gasteiger partial charge < -0.3 is 9.88 Å². The van der Waals surface area contributed by atoms with Gasteiger partial charge in [0, 0.05) is 19.0 Å². The van der Waals surface area contributed by atoms with Crippen molar-refractivity contribution in [1.82, 2.24) is 20.1 Å². The van der Waals surface area contributed by atoms with Crippen molar-refractivity contribution in [3.05, 3.63) is 11.1 Å². The normalized spacial score (nSPS) is 21.5. The van der Waals surface area contributed by atoms with Crippen LogP contribution in [0.15, 0.2) is 0 Å². The summed E-state index contributed by atoms with van der Waals surface area (Å²) >= 11 is 5.89. The Morgan fingerprint density at radius 1 is 1.62 bits per heavy atom. The fourth-order valence-electron chi connectivity index (χ4n) is 1.87. The molecule has 0 aromatic carbocycles. The smallest absolute Gasteiger partial charge is 0.225 e. The summed E-state index contributed by atoms with van der Waals surface area (Å²) in [4.78, 5) is 0. The maximum Gasteiger partial charge on any atom is 0.225 e. The predicted molar refractivity (Wildman–Crippen MR) is 50.9 cm³/mol. The van der Waals surface area contributed by atoms with Crippen LogP contribution in [0.25, 0.3) is 0 Å². The maximum atomic E-state index is 5.89. The molecular weight excluding hydrogens is 188 g/mol. The summed E-state index contributed by atoms with van der Waals surface area (Å²) in [7, 11) is 1.96. The van der Waals surface area contributed by atoms with Gasteiger partial charge in [-0.05, 0) is 31.5 Å². The zero-order valence-electron chi connectivity index (χ0n) is 7.63. The van der Waals surface area contributed by atoms with Crippen molar-refractivity contribution in [1.29, 1.82) is 0 Å². The van der Waals surface area contributed by atoms with E-state index < -0.39 is 0 Å². The molecule has 5 heteroatoms. The third kappa shape index (κ3) is 1.56. The lowest BCUT2D eigenvalue weighted by molar-refractivity contribution is 0.432. The number of aromatic nitrogens is 3. The van der Waals surface area contributed by atoms with Gasteiger partial charge in [0.15, 0.2) is 0 Å². The van der Waals surface area contributed by atoms with Gasteiger partial charge in [-0.15, -0.1) is 10.2 Å². The van der Waals surface area contributed by atoms with Gasteiger partial charge in [-0.2, -0.15) is 0 Å². The summed E-state index contributed by atoms with van der Waals surface area (Å²) in [6, 6.07) is 0. The molecule has 2 rings (SSSR count). The van der Waals surface area contributed by atoms with Crippen LogP contribution in [0.3, 0.4) is 0 Å². The molecule has 1 unspecified atom stereocenters. The summed E-state index contributed by atoms with van der Waals surface area (Å²) in [5.41, 5.74) is 0. The molecule has 0 saturated carbocycles. The second-order valence-corrected chi connectivity index (χ2v) is 3.71. The number of hydrogen-bond acceptors (Lipinski definition) is 3. The van der Waals surface area contributed by atoms with Crippen molar-refractivity contribution in [3.63, 3.8) is 0 Å². The molecule has 0 radical (unpaired) electrons. The summed E-state index contributed by atoms with van der Waals surface area (Å²) in [5.74, 6) is 1.50. The molecule has 0 spiro atoms. The van der Waals surface area contributed by atoms with E-state index in [4.69, 9.17) is 11.6 Å². The van der Waals surface area contributed by atoms with Gasteiger partial charge in [-0.1, -0.05) is 0 Å². The van der Waals surface area contributed by atoms with Crippen LogP contribution in [0.5, 0.6) is 0 Å². The van der Waals surface area contributed by atoms with Crippen LogP contribution in [0.1, 0.15) is 24.6 Å². The van der Waals surface area contributed by atoms with Gasteiger partial charge in [0.1, 0.15) is 5.82 Å². The van der Waals surface area contributed by atoms with Crippen LogP contribution in [0.4, 0.5) is 0 Å². The Balaban J connectivity index is 2.27. The van der Waals surface area contributed by atoms with E-state index in [0.29, 0.717) is 11.2 Å². The van der Waals surface area contributed by atoms with Gasteiger partial charge in [0.25, 0.3) is 0 Å². The van der Waals surface area contributed by atoms with Crippen LogP contribution >= 0.6 is 11.6 Å². The van der Waals surface area contributed by atoms with Crippen LogP contribution in [0, 0.1) is 0 Å². The number of rotatable bonds is 2. The molecule has 4 nitrogen and oxygen atoms in total. The van der Waals surface area contributed by atoms with Crippen molar-refractivity contribution in [2.75, 3.05) is 13.6 Å². The predicted octanol–water partition coefficient (Wildman–Crippen LogP) is 1.03. The Labute approximate surface area is 82.3 Å². The lowest BCUT2D eigenvalue weighted by Crippen LogP contribution is -2.24. The van der Waals surface area contributed by atoms with Crippen molar-refractivity contribution < 1.29 is 0 Å². The molecule has 0 saturated heterocycles. The highest BCUT2D eigenvalue weighted by Gasteiger charge is 2.23. The largest absolute Gasteiger partial charge is 0.319 e. The number of hydrogen-bond donors (Lipinski definition) is 1. The molecule has 72 valence electrons. The maximum absolute atomic E-state index is 5.89. The monoisotopic (exact) mass is 200 g/mol. The average Bonchev–Trinajstić information content (AvgIpc) is 2.50. The van der Waals surface area contributed by atoms with Crippen molar-refractivity contribution >= 4 is 11.6 Å². The first kappa shape index (κ1) is 8.97. The Kier molecular flexibility index (Phi) is 2.51. The highest BCUT2D eigenvalue weighted by molar-refractivity contribution is 6.28. The van der Waals surface area contributed by atoms with E-state index in [2.05, 4.69) is 15.5 Å². The van der Waals surface area contributed by atoms with E-state index in [-0.39, 0.29) is 0 Å². The summed E-state index contributed by atoms with van der Waals surface area (Å²) in [5, 5.41) is 11.7. The first-order chi connectivity index (χ1) is 6.33. The highest BCUT2D eigenvalue weighted by atomic mass is 35.5. The van der Waals surface area contributed by atoms with Crippen molar-refractivity contribution in [2.24, 2.45) is 0 Å². The fourth-order valence-corrected chi connectivity index (χ4v) is 2.08. The van der Waals surface area contributed by atoms with Crippen LogP contribution in [-0.2, 0) is 6.54 Å². The molecule has 1 aliphatic rings. The first-order valence-corrected chi connectivity index (χ1v) is 4.94. The molecule has 13 heavy (non-hydrogen) atoms. The van der Waals surface area contributed by atoms with Crippen LogP contribution < -0.4 is 5.32 Å². The minimum Gasteiger partial charge on any atom is -0.319 e. The second-order valence-electron chi connectivity index (χ2n) is 3.38. The molecule has 1 aliphatic heterocycles. The lowest BCUT2D eigenvalue weighted by atomic mass is 9.99. The van der Waals surface area contributed by atoms with Gasteiger partial charge in [-0.3, -0.25) is 0 Å². The lowest BCUT2D eigenvalue weighted by Gasteiger charge is -2.22. The van der Waals surface area contributed by atoms with Gasteiger partial charge in [0.2, 0.25) is 5.28 Å². The molecular formula is C8H13ClN4. The Morgan fingerprint density at radius 3 is 3.23 bits per heavy atom. The zero-order chi connectivity index (χ0) is 9.26. The van der Waals surface area contributed by atoms with Gasteiger partial charge >= 0.3 is 0 Å². The van der Waals surface area contributed by atoms with Crippen molar-refractivity contribution in [2.45, 2.75) is 25.3 Å². The molecule has 1 aromatic rings. The van der Waals surface area contributed by atoms with E-state index in [1.165, 1.54) is 6.42 Å². The van der Waals surface area contributed by atoms with Crippen molar-refractivity contribution in [3.8, 4) is 0 Å². The van der Waals surface area contributed by atoms with Gasteiger partial charge in [-0.25, -0.2) is 0 Å². The Hall–Kier alpha value is -0.610. The number of nitrogens with one attached hydrogen (secondary N) is 1. The average molecular weight is 201 g/mol. The third-order valence-electron chi connectivity index (χ3n) is 2.48. The number of likely N-dealkylation sites (N-methyl/N-ethyl adjacent to an activating group) is 1. The summed E-state index contributed by atoms with van der Waals surface area (Å²) in [6.45, 7) is 1.91. The number of fused-ring (bicyclic) bond motifs is 1. The molecule has 2 heterocycles. The van der Waals surface area contributed by atoms with Crippen LogP contribution in [0.2, 0.25) is 5.28 Å². The quantitative estimate of drug-likeness (QED) is 0.776. The molecule has 1 aromatic heterocycles. The molecule has 0 bridgehead atoms. The highest BCUT2D eigenvalue weighted by Crippen LogP contribution is 2.26. The van der Waals surface area contributed by atoms with E-state index in [9.17, 15) is 0 Å². The Morgan fingerprint density at radius 2 is 2.46 bits per heavy atom. The van der Waals surface area contributed by atoms with Crippen LogP contribution in [-0.4, -0.2) is 28.4 Å². The third-order valence-corrected chi connectivity index (χ3v) is 2.76. The second kappa shape index (κ2) is 3.64.